The molecule has 0 atom stereocenters. The maximum atomic E-state index is 12.5. The maximum Gasteiger partial charge on any atom is 0.267 e. The molecule has 2 amide bonds. The lowest BCUT2D eigenvalue weighted by Gasteiger charge is -2.34. The van der Waals surface area contributed by atoms with Crippen LogP contribution >= 0.6 is 12.4 Å². The van der Waals surface area contributed by atoms with Gasteiger partial charge in [-0.25, -0.2) is 10.5 Å². The third-order valence-electron chi connectivity index (χ3n) is 4.64. The quantitative estimate of drug-likeness (QED) is 0.419. The summed E-state index contributed by atoms with van der Waals surface area (Å²) in [4.78, 5) is 32.0. The number of hydroxylamine groups is 1. The summed E-state index contributed by atoms with van der Waals surface area (Å²) >= 11 is 0. The highest BCUT2D eigenvalue weighted by molar-refractivity contribution is 5.92. The second kappa shape index (κ2) is 11.9. The summed E-state index contributed by atoms with van der Waals surface area (Å²) in [6.45, 7) is 3.99. The van der Waals surface area contributed by atoms with E-state index in [2.05, 4.69) is 22.0 Å². The molecule has 3 rings (SSSR count). The largest absolute Gasteiger partial charge is 0.337 e. The summed E-state index contributed by atoms with van der Waals surface area (Å²) in [5.41, 5.74) is 3.97. The SMILES string of the molecule is Cl.O=C(C=Cc1cccc(C=CC(=O)N2CCN(Cc3ccccc3)CC2)n1)NO. The van der Waals surface area contributed by atoms with E-state index in [1.807, 2.05) is 23.1 Å². The van der Waals surface area contributed by atoms with Crippen molar-refractivity contribution >= 4 is 36.4 Å². The maximum absolute atomic E-state index is 12.5. The molecule has 2 aromatic rings. The number of hydrogen-bond acceptors (Lipinski definition) is 5. The van der Waals surface area contributed by atoms with E-state index >= 15 is 0 Å². The van der Waals surface area contributed by atoms with Crippen molar-refractivity contribution < 1.29 is 14.8 Å². The number of rotatable bonds is 6. The second-order valence-corrected chi connectivity index (χ2v) is 6.72. The van der Waals surface area contributed by atoms with E-state index in [1.165, 1.54) is 29.3 Å². The second-order valence-electron chi connectivity index (χ2n) is 6.72. The molecule has 1 aliphatic rings. The molecule has 1 fully saturated rings. The Labute approximate surface area is 182 Å². The number of carbonyl (C=O) groups is 2. The van der Waals surface area contributed by atoms with Crippen LogP contribution in [0.2, 0.25) is 0 Å². The molecule has 30 heavy (non-hydrogen) atoms. The van der Waals surface area contributed by atoms with Gasteiger partial charge in [0.05, 0.1) is 11.4 Å². The van der Waals surface area contributed by atoms with Gasteiger partial charge in [-0.3, -0.25) is 19.7 Å². The van der Waals surface area contributed by atoms with Crippen LogP contribution in [-0.2, 0) is 16.1 Å². The van der Waals surface area contributed by atoms with Crippen LogP contribution in [0, 0.1) is 0 Å². The van der Waals surface area contributed by atoms with E-state index in [-0.39, 0.29) is 18.3 Å². The number of piperazine rings is 1. The first-order valence-corrected chi connectivity index (χ1v) is 9.46. The van der Waals surface area contributed by atoms with Gasteiger partial charge < -0.3 is 4.90 Å². The Bertz CT molecular complexity index is 894. The number of nitrogens with one attached hydrogen (secondary N) is 1. The van der Waals surface area contributed by atoms with Crippen molar-refractivity contribution in [3.63, 3.8) is 0 Å². The number of aromatic nitrogens is 1. The smallest absolute Gasteiger partial charge is 0.267 e. The van der Waals surface area contributed by atoms with Gasteiger partial charge in [-0.1, -0.05) is 36.4 Å². The lowest BCUT2D eigenvalue weighted by molar-refractivity contribution is -0.127. The molecule has 7 nitrogen and oxygen atoms in total. The first-order valence-electron chi connectivity index (χ1n) is 9.46. The molecular weight excluding hydrogens is 404 g/mol. The van der Waals surface area contributed by atoms with Gasteiger partial charge >= 0.3 is 0 Å². The predicted octanol–water partition coefficient (Wildman–Crippen LogP) is 2.38. The normalized spacial score (nSPS) is 14.6. The minimum absolute atomic E-state index is 0. The van der Waals surface area contributed by atoms with Gasteiger partial charge in [0, 0.05) is 44.9 Å². The Hall–Kier alpha value is -3.00. The first kappa shape index (κ1) is 23.3. The Morgan fingerprint density at radius 1 is 0.933 bits per heavy atom. The highest BCUT2D eigenvalue weighted by Crippen LogP contribution is 2.10. The summed E-state index contributed by atoms with van der Waals surface area (Å²) in [5.74, 6) is -0.666. The molecule has 1 aliphatic heterocycles. The number of carbonyl (C=O) groups excluding carboxylic acids is 2. The van der Waals surface area contributed by atoms with Crippen molar-refractivity contribution in [3.8, 4) is 0 Å². The molecule has 0 aliphatic carbocycles. The van der Waals surface area contributed by atoms with Gasteiger partial charge in [0.15, 0.2) is 0 Å². The van der Waals surface area contributed by atoms with Gasteiger partial charge in [-0.05, 0) is 29.8 Å². The van der Waals surface area contributed by atoms with Crippen LogP contribution in [-0.4, -0.2) is 58.0 Å². The van der Waals surface area contributed by atoms with E-state index in [0.717, 1.165) is 19.6 Å². The van der Waals surface area contributed by atoms with Crippen molar-refractivity contribution in [2.75, 3.05) is 26.2 Å². The van der Waals surface area contributed by atoms with E-state index in [1.54, 1.807) is 24.3 Å². The molecule has 0 bridgehead atoms. The number of nitrogens with zero attached hydrogens (tertiary/aromatic N) is 3. The van der Waals surface area contributed by atoms with Gasteiger partial charge in [0.2, 0.25) is 5.91 Å². The third-order valence-corrected chi connectivity index (χ3v) is 4.64. The molecule has 2 N–H and O–H groups in total. The number of benzene rings is 1. The van der Waals surface area contributed by atoms with Crippen molar-refractivity contribution in [2.24, 2.45) is 0 Å². The number of amides is 2. The molecule has 1 saturated heterocycles. The lowest BCUT2D eigenvalue weighted by atomic mass is 10.2. The highest BCUT2D eigenvalue weighted by atomic mass is 35.5. The average molecular weight is 429 g/mol. The summed E-state index contributed by atoms with van der Waals surface area (Å²) < 4.78 is 0. The Balaban J connectivity index is 0.00000320. The van der Waals surface area contributed by atoms with Crippen LogP contribution in [0.5, 0.6) is 0 Å². The summed E-state index contributed by atoms with van der Waals surface area (Å²) in [5, 5.41) is 8.50. The Kier molecular flexibility index (Phi) is 9.21. The van der Waals surface area contributed by atoms with Gasteiger partial charge in [-0.2, -0.15) is 0 Å². The zero-order valence-electron chi connectivity index (χ0n) is 16.5. The van der Waals surface area contributed by atoms with Crippen molar-refractivity contribution in [3.05, 3.63) is 77.6 Å². The van der Waals surface area contributed by atoms with Crippen LogP contribution in [0.15, 0.2) is 60.7 Å². The summed E-state index contributed by atoms with van der Waals surface area (Å²) in [6.07, 6.45) is 5.86. The van der Waals surface area contributed by atoms with E-state index in [9.17, 15) is 9.59 Å². The molecular formula is C22H25ClN4O3. The fraction of sp³-hybridized carbons (Fsp3) is 0.227. The predicted molar refractivity (Wildman–Crippen MR) is 118 cm³/mol. The molecule has 2 heterocycles. The van der Waals surface area contributed by atoms with E-state index < -0.39 is 5.91 Å². The van der Waals surface area contributed by atoms with Gasteiger partial charge in [0.1, 0.15) is 0 Å². The molecule has 1 aromatic heterocycles. The van der Waals surface area contributed by atoms with Crippen LogP contribution in [0.4, 0.5) is 0 Å². The highest BCUT2D eigenvalue weighted by Gasteiger charge is 2.19. The molecule has 0 unspecified atom stereocenters. The molecule has 0 saturated carbocycles. The zero-order valence-corrected chi connectivity index (χ0v) is 17.3. The minimum atomic E-state index is -0.630. The summed E-state index contributed by atoms with van der Waals surface area (Å²) in [6, 6.07) is 15.6. The van der Waals surface area contributed by atoms with Crippen molar-refractivity contribution in [1.29, 1.82) is 0 Å². The fourth-order valence-electron chi connectivity index (χ4n) is 3.08. The first-order chi connectivity index (χ1) is 14.1. The van der Waals surface area contributed by atoms with E-state index in [0.29, 0.717) is 24.5 Å². The fourth-order valence-corrected chi connectivity index (χ4v) is 3.08. The number of hydrogen-bond donors (Lipinski definition) is 2. The monoisotopic (exact) mass is 428 g/mol. The molecule has 1 aromatic carbocycles. The molecule has 0 radical (unpaired) electrons. The molecule has 8 heteroatoms. The standard InChI is InChI=1S/C22H24N4O3.ClH/c27-21(24-29)11-9-19-7-4-8-20(23-19)10-12-22(28)26-15-13-25(14-16-26)17-18-5-2-1-3-6-18;/h1-12,29H,13-17H2,(H,24,27);1H. The average Bonchev–Trinajstić information content (AvgIpc) is 2.77. The number of pyridine rings is 1. The topological polar surface area (TPSA) is 85.8 Å². The van der Waals surface area contributed by atoms with Crippen LogP contribution in [0.1, 0.15) is 17.0 Å². The zero-order chi connectivity index (χ0) is 20.5. The van der Waals surface area contributed by atoms with Gasteiger partial charge in [-0.15, -0.1) is 12.4 Å². The number of halogens is 1. The molecule has 0 spiro atoms. The van der Waals surface area contributed by atoms with Crippen LogP contribution in [0.25, 0.3) is 12.2 Å². The van der Waals surface area contributed by atoms with Crippen molar-refractivity contribution in [1.82, 2.24) is 20.3 Å². The molecule has 158 valence electrons. The lowest BCUT2D eigenvalue weighted by Crippen LogP contribution is -2.47. The third kappa shape index (κ3) is 7.11. The summed E-state index contributed by atoms with van der Waals surface area (Å²) in [7, 11) is 0. The van der Waals surface area contributed by atoms with Crippen molar-refractivity contribution in [2.45, 2.75) is 6.54 Å². The Morgan fingerprint density at radius 2 is 1.57 bits per heavy atom. The minimum Gasteiger partial charge on any atom is -0.337 e. The van der Waals surface area contributed by atoms with Gasteiger partial charge in [0.25, 0.3) is 5.91 Å². The Morgan fingerprint density at radius 3 is 2.20 bits per heavy atom. The van der Waals surface area contributed by atoms with Crippen LogP contribution < -0.4 is 5.48 Å². The van der Waals surface area contributed by atoms with E-state index in [4.69, 9.17) is 5.21 Å². The van der Waals surface area contributed by atoms with Crippen LogP contribution in [0.3, 0.4) is 0 Å².